The number of benzene rings is 8. The van der Waals surface area contributed by atoms with Crippen LogP contribution in [0.5, 0.6) is 5.75 Å². The Morgan fingerprint density at radius 2 is 1.22 bits per heavy atom. The molecule has 0 fully saturated rings. The van der Waals surface area contributed by atoms with E-state index < -0.39 is 0 Å². The van der Waals surface area contributed by atoms with Crippen LogP contribution in [0.3, 0.4) is 0 Å². The Kier molecular flexibility index (Phi) is 6.32. The third kappa shape index (κ3) is 4.34. The number of allylic oxidation sites excluding steroid dienone is 4. The summed E-state index contributed by atoms with van der Waals surface area (Å²) < 4.78 is 13.4. The van der Waals surface area contributed by atoms with Crippen molar-refractivity contribution in [1.29, 1.82) is 0 Å². The number of hydrogen-bond donors (Lipinski definition) is 0. The molecule has 254 valence electrons. The van der Waals surface area contributed by atoms with E-state index >= 15 is 0 Å². The van der Waals surface area contributed by atoms with Gasteiger partial charge in [0.2, 0.25) is 0 Å². The molecule has 12 rings (SSSR count). The molecule has 54 heavy (non-hydrogen) atoms. The van der Waals surface area contributed by atoms with Gasteiger partial charge in [-0.2, -0.15) is 0 Å². The molecule has 2 aliphatic carbocycles. The zero-order chi connectivity index (χ0) is 35.3. The first kappa shape index (κ1) is 29.9. The molecule has 8 aromatic carbocycles. The minimum absolute atomic E-state index is 0.0310. The molecule has 0 radical (unpaired) electrons. The molecule has 0 N–H and O–H groups in total. The van der Waals surface area contributed by atoms with E-state index in [9.17, 15) is 0 Å². The van der Waals surface area contributed by atoms with Crippen LogP contribution >= 0.6 is 0 Å². The molecule has 2 atom stereocenters. The highest BCUT2D eigenvalue weighted by Crippen LogP contribution is 2.51. The summed E-state index contributed by atoms with van der Waals surface area (Å²) in [6.45, 7) is 0. The number of ether oxygens (including phenoxy) is 1. The van der Waals surface area contributed by atoms with Gasteiger partial charge in [0.1, 0.15) is 23.0 Å². The van der Waals surface area contributed by atoms with E-state index in [2.05, 4.69) is 170 Å². The Morgan fingerprint density at radius 3 is 2.11 bits per heavy atom. The summed E-state index contributed by atoms with van der Waals surface area (Å²) in [7, 11) is 0. The van der Waals surface area contributed by atoms with Gasteiger partial charge in [-0.25, -0.2) is 0 Å². The van der Waals surface area contributed by atoms with E-state index in [4.69, 9.17) is 9.15 Å². The van der Waals surface area contributed by atoms with Crippen molar-refractivity contribution in [2.75, 3.05) is 0 Å². The average Bonchev–Trinajstić information content (AvgIpc) is 3.81. The molecule has 0 saturated carbocycles. The minimum atomic E-state index is 0.0310. The van der Waals surface area contributed by atoms with E-state index in [0.717, 1.165) is 40.7 Å². The second kappa shape index (κ2) is 11.4. The Bertz CT molecular complexity index is 3140. The SMILES string of the molecule is C1=CC2=C(C=CC3Oc4cc(-c5c6ccccc6c(-c6ccc7c(c6)oc6ccc8ccccc8c67)c6ccc(-c7ccccc7)cc56)ccc4C23)CC1. The minimum Gasteiger partial charge on any atom is -0.485 e. The van der Waals surface area contributed by atoms with Crippen LogP contribution in [0, 0.1) is 0 Å². The van der Waals surface area contributed by atoms with Crippen LogP contribution in [0.15, 0.2) is 185 Å². The molecular weight excluding hydrogens is 657 g/mol. The molecule has 0 bridgehead atoms. The fraction of sp³-hybridized carbons (Fsp3) is 0.0769. The molecule has 0 spiro atoms. The van der Waals surface area contributed by atoms with Gasteiger partial charge < -0.3 is 9.15 Å². The number of fused-ring (bicyclic) bond motifs is 11. The summed E-state index contributed by atoms with van der Waals surface area (Å²) >= 11 is 0. The lowest BCUT2D eigenvalue weighted by Gasteiger charge is -2.26. The maximum Gasteiger partial charge on any atom is 0.136 e. The van der Waals surface area contributed by atoms with E-state index in [1.807, 2.05) is 0 Å². The Labute approximate surface area is 312 Å². The maximum absolute atomic E-state index is 6.76. The summed E-state index contributed by atoms with van der Waals surface area (Å²) in [4.78, 5) is 0. The highest BCUT2D eigenvalue weighted by Gasteiger charge is 2.38. The molecule has 1 aromatic heterocycles. The summed E-state index contributed by atoms with van der Waals surface area (Å²) in [5.41, 5.74) is 13.1. The fourth-order valence-corrected chi connectivity index (χ4v) is 9.64. The van der Waals surface area contributed by atoms with Crippen molar-refractivity contribution in [3.8, 4) is 39.1 Å². The van der Waals surface area contributed by atoms with Crippen molar-refractivity contribution < 1.29 is 9.15 Å². The largest absolute Gasteiger partial charge is 0.485 e. The third-order valence-corrected chi connectivity index (χ3v) is 12.1. The van der Waals surface area contributed by atoms with Crippen LogP contribution in [0.2, 0.25) is 0 Å². The molecule has 2 heteroatoms. The van der Waals surface area contributed by atoms with Crippen LogP contribution in [0.4, 0.5) is 0 Å². The first-order chi connectivity index (χ1) is 26.8. The van der Waals surface area contributed by atoms with E-state index in [0.29, 0.717) is 0 Å². The number of hydrogen-bond acceptors (Lipinski definition) is 2. The number of furan rings is 1. The first-order valence-electron chi connectivity index (χ1n) is 19.0. The standard InChI is InChI=1S/C52H34O2/c1-2-10-31(11-3-1)34-18-23-41-44(28-34)50(36-20-25-43-48(30-36)54-46-27-22-33-13-5-7-15-38(33)52(43)46)40-17-9-8-16-39(40)49(41)35-19-24-42-47(29-35)53-45-26-21-32-12-4-6-14-37(32)51(42)45/h1-4,6-12,14-30,46,52H,5,13H2. The van der Waals surface area contributed by atoms with Crippen molar-refractivity contribution in [2.24, 2.45) is 0 Å². The fourth-order valence-electron chi connectivity index (χ4n) is 9.64. The predicted molar refractivity (Wildman–Crippen MR) is 224 cm³/mol. The highest BCUT2D eigenvalue weighted by molar-refractivity contribution is 6.23. The van der Waals surface area contributed by atoms with Crippen molar-refractivity contribution in [2.45, 2.75) is 24.9 Å². The van der Waals surface area contributed by atoms with Crippen molar-refractivity contribution in [3.63, 3.8) is 0 Å². The van der Waals surface area contributed by atoms with Crippen LogP contribution in [-0.4, -0.2) is 6.10 Å². The normalized spacial score (nSPS) is 17.4. The van der Waals surface area contributed by atoms with Gasteiger partial charge in [0.15, 0.2) is 0 Å². The zero-order valence-electron chi connectivity index (χ0n) is 29.6. The quantitative estimate of drug-likeness (QED) is 0.172. The van der Waals surface area contributed by atoms with E-state index in [1.165, 1.54) is 82.2 Å². The summed E-state index contributed by atoms with van der Waals surface area (Å²) in [6.07, 6.45) is 11.5. The van der Waals surface area contributed by atoms with Crippen LogP contribution in [-0.2, 0) is 0 Å². The average molecular weight is 691 g/mol. The first-order valence-corrected chi connectivity index (χ1v) is 19.0. The molecule has 2 nitrogen and oxygen atoms in total. The van der Waals surface area contributed by atoms with Crippen molar-refractivity contribution in [1.82, 2.24) is 0 Å². The molecule has 0 saturated heterocycles. The molecule has 2 unspecified atom stereocenters. The zero-order valence-corrected chi connectivity index (χ0v) is 29.6. The molecule has 2 heterocycles. The van der Waals surface area contributed by atoms with Gasteiger partial charge in [0, 0.05) is 16.3 Å². The lowest BCUT2D eigenvalue weighted by molar-refractivity contribution is 0.265. The van der Waals surface area contributed by atoms with Gasteiger partial charge >= 0.3 is 0 Å². The molecule has 9 aromatic rings. The lowest BCUT2D eigenvalue weighted by Crippen LogP contribution is -2.21. The Morgan fingerprint density at radius 1 is 0.500 bits per heavy atom. The van der Waals surface area contributed by atoms with Gasteiger partial charge in [0.05, 0.1) is 5.92 Å². The number of rotatable bonds is 3. The van der Waals surface area contributed by atoms with Crippen LogP contribution in [0.1, 0.15) is 24.3 Å². The summed E-state index contributed by atoms with van der Waals surface area (Å²) in [6, 6.07) is 53.2. The smallest absolute Gasteiger partial charge is 0.136 e. The molecular formula is C52H34O2. The van der Waals surface area contributed by atoms with Gasteiger partial charge in [-0.1, -0.05) is 133 Å². The third-order valence-electron chi connectivity index (χ3n) is 12.1. The van der Waals surface area contributed by atoms with Gasteiger partial charge in [-0.15, -0.1) is 0 Å². The topological polar surface area (TPSA) is 22.4 Å². The van der Waals surface area contributed by atoms with E-state index in [1.54, 1.807) is 0 Å². The molecule has 3 aliphatic rings. The second-order valence-corrected chi connectivity index (χ2v) is 15.0. The van der Waals surface area contributed by atoms with Crippen molar-refractivity contribution >= 4 is 54.3 Å². The van der Waals surface area contributed by atoms with Gasteiger partial charge in [-0.3, -0.25) is 0 Å². The van der Waals surface area contributed by atoms with Crippen molar-refractivity contribution in [3.05, 3.63) is 187 Å². The summed E-state index contributed by atoms with van der Waals surface area (Å²) in [5.74, 6) is 1.24. The van der Waals surface area contributed by atoms with Crippen LogP contribution in [0.25, 0.3) is 87.6 Å². The monoisotopic (exact) mass is 690 g/mol. The van der Waals surface area contributed by atoms with Gasteiger partial charge in [0.25, 0.3) is 0 Å². The Hall–Kier alpha value is -6.64. The molecule has 0 amide bonds. The molecule has 1 aliphatic heterocycles. The van der Waals surface area contributed by atoms with Gasteiger partial charge in [-0.05, 0) is 126 Å². The predicted octanol–water partition coefficient (Wildman–Crippen LogP) is 14.1. The highest BCUT2D eigenvalue weighted by atomic mass is 16.5. The Balaban J connectivity index is 1.10. The van der Waals surface area contributed by atoms with E-state index in [-0.39, 0.29) is 12.0 Å². The van der Waals surface area contributed by atoms with Crippen LogP contribution < -0.4 is 4.74 Å². The maximum atomic E-state index is 6.76. The second-order valence-electron chi connectivity index (χ2n) is 15.0. The lowest BCUT2D eigenvalue weighted by atomic mass is 9.78. The summed E-state index contributed by atoms with van der Waals surface area (Å²) in [5, 5.41) is 9.62.